The van der Waals surface area contributed by atoms with Gasteiger partial charge >= 0.3 is 0 Å². The molecule has 5 heteroatoms. The van der Waals surface area contributed by atoms with Gasteiger partial charge in [0.25, 0.3) is 5.89 Å². The van der Waals surface area contributed by atoms with Crippen LogP contribution in [0.25, 0.3) is 22.2 Å². The zero-order valence-electron chi connectivity index (χ0n) is 13.3. The van der Waals surface area contributed by atoms with Gasteiger partial charge in [-0.3, -0.25) is 0 Å². The molecule has 4 rings (SSSR count). The van der Waals surface area contributed by atoms with Crippen molar-refractivity contribution in [2.75, 3.05) is 11.4 Å². The van der Waals surface area contributed by atoms with Crippen LogP contribution in [-0.4, -0.2) is 16.7 Å². The third-order valence-corrected chi connectivity index (χ3v) is 4.05. The predicted molar refractivity (Wildman–Crippen MR) is 92.7 cm³/mol. The summed E-state index contributed by atoms with van der Waals surface area (Å²) in [6.45, 7) is 3.57. The van der Waals surface area contributed by atoms with Crippen molar-refractivity contribution >= 4 is 16.5 Å². The molecule has 0 radical (unpaired) electrons. The van der Waals surface area contributed by atoms with E-state index in [1.54, 1.807) is 18.6 Å². The van der Waals surface area contributed by atoms with Gasteiger partial charge in [-0.05, 0) is 35.9 Å². The molecule has 2 aromatic carbocycles. The maximum atomic E-state index is 5.31. The van der Waals surface area contributed by atoms with Crippen LogP contribution >= 0.6 is 0 Å². The average molecular weight is 319 g/mol. The molecule has 2 heterocycles. The van der Waals surface area contributed by atoms with E-state index in [0.717, 1.165) is 17.8 Å². The molecule has 24 heavy (non-hydrogen) atoms. The molecule has 0 aliphatic rings. The Balaban J connectivity index is 1.59. The molecule has 120 valence electrons. The standard InChI is InChI=1S/C19H17N3O2/c1-2-22(17-8-7-14-5-3-4-6-15(14)11-17)12-18-20-19(24-21-18)16-9-10-23-13-16/h3-11,13H,2,12H2,1H3. The van der Waals surface area contributed by atoms with Crippen LogP contribution in [0.5, 0.6) is 0 Å². The summed E-state index contributed by atoms with van der Waals surface area (Å²) in [6.07, 6.45) is 3.19. The Morgan fingerprint density at radius 2 is 1.92 bits per heavy atom. The smallest absolute Gasteiger partial charge is 0.261 e. The van der Waals surface area contributed by atoms with E-state index in [2.05, 4.69) is 64.4 Å². The molecule has 0 aliphatic carbocycles. The van der Waals surface area contributed by atoms with Gasteiger partial charge in [0.1, 0.15) is 6.26 Å². The highest BCUT2D eigenvalue weighted by Gasteiger charge is 2.13. The lowest BCUT2D eigenvalue weighted by molar-refractivity contribution is 0.421. The molecule has 0 atom stereocenters. The van der Waals surface area contributed by atoms with Crippen LogP contribution in [0.3, 0.4) is 0 Å². The molecular formula is C19H17N3O2. The van der Waals surface area contributed by atoms with E-state index in [1.165, 1.54) is 10.8 Å². The Bertz CT molecular complexity index is 944. The van der Waals surface area contributed by atoms with Gasteiger partial charge in [-0.2, -0.15) is 4.98 Å². The molecule has 0 saturated carbocycles. The molecule has 0 bridgehead atoms. The first kappa shape index (κ1) is 14.5. The van der Waals surface area contributed by atoms with Crippen LogP contribution < -0.4 is 4.90 Å². The zero-order chi connectivity index (χ0) is 16.4. The SMILES string of the molecule is CCN(Cc1noc(-c2ccoc2)n1)c1ccc2ccccc2c1. The molecule has 0 unspecified atom stereocenters. The number of benzene rings is 2. The molecule has 0 saturated heterocycles. The molecule has 0 fully saturated rings. The highest BCUT2D eigenvalue weighted by molar-refractivity contribution is 5.85. The highest BCUT2D eigenvalue weighted by atomic mass is 16.5. The fraction of sp³-hybridized carbons (Fsp3) is 0.158. The Morgan fingerprint density at radius 1 is 1.04 bits per heavy atom. The van der Waals surface area contributed by atoms with Gasteiger partial charge in [0.2, 0.25) is 0 Å². The summed E-state index contributed by atoms with van der Waals surface area (Å²) in [7, 11) is 0. The number of aromatic nitrogens is 2. The third-order valence-electron chi connectivity index (χ3n) is 4.05. The largest absolute Gasteiger partial charge is 0.472 e. The number of hydrogen-bond donors (Lipinski definition) is 0. The molecule has 0 spiro atoms. The minimum Gasteiger partial charge on any atom is -0.472 e. The van der Waals surface area contributed by atoms with Crippen molar-refractivity contribution in [1.29, 1.82) is 0 Å². The molecule has 5 nitrogen and oxygen atoms in total. The van der Waals surface area contributed by atoms with Crippen LogP contribution in [-0.2, 0) is 6.54 Å². The van der Waals surface area contributed by atoms with E-state index in [0.29, 0.717) is 18.3 Å². The lowest BCUT2D eigenvalue weighted by Gasteiger charge is -2.21. The summed E-state index contributed by atoms with van der Waals surface area (Å²) in [6, 6.07) is 16.6. The molecule has 4 aromatic rings. The summed E-state index contributed by atoms with van der Waals surface area (Å²) in [5.74, 6) is 1.13. The summed E-state index contributed by atoms with van der Waals surface area (Å²) in [4.78, 5) is 6.67. The van der Waals surface area contributed by atoms with Crippen molar-refractivity contribution < 1.29 is 8.94 Å². The van der Waals surface area contributed by atoms with Crippen molar-refractivity contribution in [3.05, 3.63) is 66.9 Å². The average Bonchev–Trinajstić information content (AvgIpc) is 3.30. The van der Waals surface area contributed by atoms with E-state index in [-0.39, 0.29) is 0 Å². The second-order valence-electron chi connectivity index (χ2n) is 5.57. The Labute approximate surface area is 139 Å². The van der Waals surface area contributed by atoms with Crippen molar-refractivity contribution in [3.63, 3.8) is 0 Å². The van der Waals surface area contributed by atoms with Gasteiger partial charge in [-0.15, -0.1) is 0 Å². The second kappa shape index (κ2) is 6.20. The monoisotopic (exact) mass is 319 g/mol. The Kier molecular flexibility index (Phi) is 3.75. The second-order valence-corrected chi connectivity index (χ2v) is 5.57. The first-order chi connectivity index (χ1) is 11.8. The summed E-state index contributed by atoms with van der Waals surface area (Å²) in [5, 5.41) is 6.54. The van der Waals surface area contributed by atoms with E-state index < -0.39 is 0 Å². The lowest BCUT2D eigenvalue weighted by Crippen LogP contribution is -2.22. The number of anilines is 1. The summed E-state index contributed by atoms with van der Waals surface area (Å²) in [5.41, 5.74) is 1.94. The van der Waals surface area contributed by atoms with E-state index >= 15 is 0 Å². The van der Waals surface area contributed by atoms with Gasteiger partial charge in [0.05, 0.1) is 18.4 Å². The quantitative estimate of drug-likeness (QED) is 0.542. The fourth-order valence-electron chi connectivity index (χ4n) is 2.75. The topological polar surface area (TPSA) is 55.3 Å². The number of fused-ring (bicyclic) bond motifs is 1. The minimum absolute atomic E-state index is 0.480. The summed E-state index contributed by atoms with van der Waals surface area (Å²) < 4.78 is 10.4. The van der Waals surface area contributed by atoms with Gasteiger partial charge in [0.15, 0.2) is 5.82 Å². The Morgan fingerprint density at radius 3 is 2.71 bits per heavy atom. The first-order valence-corrected chi connectivity index (χ1v) is 7.92. The lowest BCUT2D eigenvalue weighted by atomic mass is 10.1. The number of hydrogen-bond acceptors (Lipinski definition) is 5. The van der Waals surface area contributed by atoms with Gasteiger partial charge in [-0.1, -0.05) is 35.5 Å². The normalized spacial score (nSPS) is 11.0. The van der Waals surface area contributed by atoms with Crippen LogP contribution in [0.15, 0.2) is 70.0 Å². The van der Waals surface area contributed by atoms with Crippen molar-refractivity contribution in [2.24, 2.45) is 0 Å². The maximum Gasteiger partial charge on any atom is 0.261 e. The summed E-state index contributed by atoms with van der Waals surface area (Å²) >= 11 is 0. The van der Waals surface area contributed by atoms with Gasteiger partial charge in [-0.25, -0.2) is 0 Å². The van der Waals surface area contributed by atoms with E-state index in [1.807, 2.05) is 0 Å². The number of furan rings is 1. The predicted octanol–water partition coefficient (Wildman–Crippen LogP) is 4.51. The van der Waals surface area contributed by atoms with Crippen LogP contribution in [0.2, 0.25) is 0 Å². The van der Waals surface area contributed by atoms with E-state index in [4.69, 9.17) is 8.94 Å². The fourth-order valence-corrected chi connectivity index (χ4v) is 2.75. The number of rotatable bonds is 5. The maximum absolute atomic E-state index is 5.31. The van der Waals surface area contributed by atoms with Crippen LogP contribution in [0.1, 0.15) is 12.7 Å². The molecular weight excluding hydrogens is 302 g/mol. The van der Waals surface area contributed by atoms with Crippen LogP contribution in [0, 0.1) is 0 Å². The van der Waals surface area contributed by atoms with Gasteiger partial charge in [0, 0.05) is 12.2 Å². The van der Waals surface area contributed by atoms with E-state index in [9.17, 15) is 0 Å². The van der Waals surface area contributed by atoms with Crippen molar-refractivity contribution in [3.8, 4) is 11.5 Å². The van der Waals surface area contributed by atoms with Crippen molar-refractivity contribution in [2.45, 2.75) is 13.5 Å². The van der Waals surface area contributed by atoms with Crippen molar-refractivity contribution in [1.82, 2.24) is 10.1 Å². The molecule has 2 aromatic heterocycles. The molecule has 0 aliphatic heterocycles. The minimum atomic E-state index is 0.480. The van der Waals surface area contributed by atoms with Crippen LogP contribution in [0.4, 0.5) is 5.69 Å². The van der Waals surface area contributed by atoms with Gasteiger partial charge < -0.3 is 13.8 Å². The third kappa shape index (κ3) is 2.76. The zero-order valence-corrected chi connectivity index (χ0v) is 13.3. The Hall–Kier alpha value is -3.08. The molecule has 0 N–H and O–H groups in total. The first-order valence-electron chi connectivity index (χ1n) is 7.92. The highest BCUT2D eigenvalue weighted by Crippen LogP contribution is 2.24. The number of nitrogens with zero attached hydrogens (tertiary/aromatic N) is 3. The molecule has 0 amide bonds.